The number of nitrogens with one attached hydrogen (secondary N) is 1. The van der Waals surface area contributed by atoms with Crippen LogP contribution in [0.15, 0.2) is 29.2 Å². The predicted octanol–water partition coefficient (Wildman–Crippen LogP) is 0.382. The summed E-state index contributed by atoms with van der Waals surface area (Å²) in [6.45, 7) is 1.68. The fourth-order valence-electron chi connectivity index (χ4n) is 4.86. The average Bonchev–Trinajstić information content (AvgIpc) is 2.93. The van der Waals surface area contributed by atoms with Crippen LogP contribution in [-0.4, -0.2) is 62.3 Å². The highest BCUT2D eigenvalue weighted by Crippen LogP contribution is 2.44. The second kappa shape index (κ2) is 7.77. The molecule has 3 aliphatic rings. The summed E-state index contributed by atoms with van der Waals surface area (Å²) >= 11 is 0. The van der Waals surface area contributed by atoms with Gasteiger partial charge in [0, 0.05) is 6.42 Å². The fraction of sp³-hybridized carbons (Fsp3) is 0.600. The van der Waals surface area contributed by atoms with Crippen LogP contribution in [0.2, 0.25) is 0 Å². The van der Waals surface area contributed by atoms with Crippen LogP contribution in [0.4, 0.5) is 4.39 Å². The van der Waals surface area contributed by atoms with E-state index >= 15 is 0 Å². The lowest BCUT2D eigenvalue weighted by Crippen LogP contribution is -3.16. The first-order chi connectivity index (χ1) is 13.8. The summed E-state index contributed by atoms with van der Waals surface area (Å²) in [5.41, 5.74) is -0.495. The number of sulfonamides is 1. The van der Waals surface area contributed by atoms with Gasteiger partial charge in [0.2, 0.25) is 21.8 Å². The molecule has 2 heterocycles. The van der Waals surface area contributed by atoms with Crippen LogP contribution in [0.1, 0.15) is 38.5 Å². The number of amides is 2. The van der Waals surface area contributed by atoms with Gasteiger partial charge in [-0.1, -0.05) is 31.4 Å². The van der Waals surface area contributed by atoms with Crippen LogP contribution < -0.4 is 4.90 Å². The number of quaternary nitrogens is 1. The van der Waals surface area contributed by atoms with Crippen LogP contribution in [0.3, 0.4) is 0 Å². The molecule has 7 nitrogen and oxygen atoms in total. The number of rotatable bonds is 4. The predicted molar refractivity (Wildman–Crippen MR) is 103 cm³/mol. The van der Waals surface area contributed by atoms with Crippen molar-refractivity contribution in [3.05, 3.63) is 30.1 Å². The molecule has 1 aromatic carbocycles. The molecule has 4 rings (SSSR count). The molecular weight excluding hydrogens is 397 g/mol. The van der Waals surface area contributed by atoms with E-state index in [0.29, 0.717) is 19.5 Å². The van der Waals surface area contributed by atoms with E-state index in [-0.39, 0.29) is 36.5 Å². The molecular formula is C20H27FN3O4S+. The first-order valence-electron chi connectivity index (χ1n) is 10.3. The normalized spacial score (nSPS) is 23.8. The molecule has 2 saturated heterocycles. The van der Waals surface area contributed by atoms with Crippen molar-refractivity contribution < 1.29 is 27.3 Å². The van der Waals surface area contributed by atoms with Crippen molar-refractivity contribution >= 4 is 21.8 Å². The first-order valence-corrected chi connectivity index (χ1v) is 11.7. The second-order valence-electron chi connectivity index (χ2n) is 8.39. The minimum absolute atomic E-state index is 0.0453. The Kier molecular flexibility index (Phi) is 5.48. The number of carbonyl (C=O) groups excluding carboxylic acids is 2. The van der Waals surface area contributed by atoms with Gasteiger partial charge >= 0.3 is 0 Å². The lowest BCUT2D eigenvalue weighted by molar-refractivity contribution is -0.910. The molecule has 158 valence electrons. The molecule has 9 heteroatoms. The smallest absolute Gasteiger partial charge is 0.246 e. The third kappa shape index (κ3) is 3.71. The number of halogens is 1. The van der Waals surface area contributed by atoms with Crippen molar-refractivity contribution in [2.24, 2.45) is 5.41 Å². The zero-order valence-corrected chi connectivity index (χ0v) is 17.2. The maximum Gasteiger partial charge on any atom is 0.246 e. The minimum Gasteiger partial charge on any atom is -0.315 e. The standard InChI is InChI=1S/C20H26FN3O4S/c21-16-6-2-3-7-17(16)29(27,28)23-12-10-22(11-13-23)15-24-18(25)14-20(19(24)26)8-4-1-5-9-20/h2-3,6-7H,1,4-5,8-15H2/p+1. The fourth-order valence-corrected chi connectivity index (χ4v) is 6.36. The number of carbonyl (C=O) groups is 2. The van der Waals surface area contributed by atoms with E-state index in [0.717, 1.165) is 43.1 Å². The third-order valence-corrected chi connectivity index (χ3v) is 8.50. The van der Waals surface area contributed by atoms with Gasteiger partial charge in [0.05, 0.1) is 31.6 Å². The van der Waals surface area contributed by atoms with Crippen molar-refractivity contribution in [3.8, 4) is 0 Å². The first kappa shape index (κ1) is 20.4. The number of benzene rings is 1. The number of hydrogen-bond acceptors (Lipinski definition) is 4. The Hall–Kier alpha value is -1.84. The summed E-state index contributed by atoms with van der Waals surface area (Å²) < 4.78 is 40.7. The van der Waals surface area contributed by atoms with Gasteiger partial charge in [-0.3, -0.25) is 9.59 Å². The quantitative estimate of drug-likeness (QED) is 0.709. The summed E-state index contributed by atoms with van der Waals surface area (Å²) in [5.74, 6) is -0.907. The van der Waals surface area contributed by atoms with Gasteiger partial charge in [-0.2, -0.15) is 4.31 Å². The SMILES string of the molecule is O=C1CC2(CCCCC2)C(=O)N1C[NH+]1CCN(S(=O)(=O)c2ccccc2F)CC1. The maximum atomic E-state index is 14.0. The number of piperazine rings is 1. The summed E-state index contributed by atoms with van der Waals surface area (Å²) in [6, 6.07) is 5.37. The van der Waals surface area contributed by atoms with Gasteiger partial charge in [-0.05, 0) is 25.0 Å². The largest absolute Gasteiger partial charge is 0.315 e. The van der Waals surface area contributed by atoms with Gasteiger partial charge in [-0.25, -0.2) is 17.7 Å². The Labute approximate surface area is 170 Å². The monoisotopic (exact) mass is 424 g/mol. The second-order valence-corrected chi connectivity index (χ2v) is 10.3. The van der Waals surface area contributed by atoms with E-state index in [1.54, 1.807) is 0 Å². The van der Waals surface area contributed by atoms with Crippen molar-refractivity contribution in [3.63, 3.8) is 0 Å². The molecule has 3 fully saturated rings. The molecule has 0 bridgehead atoms. The molecule has 0 radical (unpaired) electrons. The Balaban J connectivity index is 1.39. The van der Waals surface area contributed by atoms with Gasteiger partial charge in [0.15, 0.2) is 6.67 Å². The van der Waals surface area contributed by atoms with Gasteiger partial charge in [0.1, 0.15) is 10.7 Å². The zero-order chi connectivity index (χ0) is 20.6. The highest BCUT2D eigenvalue weighted by Gasteiger charge is 2.52. The number of likely N-dealkylation sites (tertiary alicyclic amines) is 1. The van der Waals surface area contributed by atoms with E-state index in [1.807, 2.05) is 0 Å². The van der Waals surface area contributed by atoms with Crippen molar-refractivity contribution in [1.82, 2.24) is 9.21 Å². The molecule has 2 aliphatic heterocycles. The number of nitrogens with zero attached hydrogens (tertiary/aromatic N) is 2. The summed E-state index contributed by atoms with van der Waals surface area (Å²) in [7, 11) is -3.89. The molecule has 1 saturated carbocycles. The molecule has 1 N–H and O–H groups in total. The van der Waals surface area contributed by atoms with Crippen LogP contribution in [0.5, 0.6) is 0 Å². The van der Waals surface area contributed by atoms with Gasteiger partial charge < -0.3 is 4.90 Å². The Morgan fingerprint density at radius 2 is 1.69 bits per heavy atom. The van der Waals surface area contributed by atoms with E-state index in [4.69, 9.17) is 0 Å². The molecule has 0 aromatic heterocycles. The molecule has 29 heavy (non-hydrogen) atoms. The van der Waals surface area contributed by atoms with Crippen LogP contribution >= 0.6 is 0 Å². The van der Waals surface area contributed by atoms with Gasteiger partial charge in [0.25, 0.3) is 0 Å². The lowest BCUT2D eigenvalue weighted by atomic mass is 9.73. The molecule has 0 unspecified atom stereocenters. The summed E-state index contributed by atoms with van der Waals surface area (Å²) in [5, 5.41) is 0. The molecule has 0 atom stereocenters. The van der Waals surface area contributed by atoms with Crippen LogP contribution in [0.25, 0.3) is 0 Å². The summed E-state index contributed by atoms with van der Waals surface area (Å²) in [6.07, 6.45) is 4.99. The topological polar surface area (TPSA) is 79.2 Å². The average molecular weight is 425 g/mol. The Morgan fingerprint density at radius 1 is 1.03 bits per heavy atom. The molecule has 1 aliphatic carbocycles. The zero-order valence-electron chi connectivity index (χ0n) is 16.4. The molecule has 2 amide bonds. The minimum atomic E-state index is -3.89. The Bertz CT molecular complexity index is 906. The lowest BCUT2D eigenvalue weighted by Gasteiger charge is -2.34. The highest BCUT2D eigenvalue weighted by atomic mass is 32.2. The van der Waals surface area contributed by atoms with Crippen LogP contribution in [-0.2, 0) is 19.6 Å². The number of imide groups is 1. The third-order valence-electron chi connectivity index (χ3n) is 6.57. The van der Waals surface area contributed by atoms with Crippen molar-refractivity contribution in [2.75, 3.05) is 32.8 Å². The Morgan fingerprint density at radius 3 is 2.34 bits per heavy atom. The van der Waals surface area contributed by atoms with Crippen molar-refractivity contribution in [2.45, 2.75) is 43.4 Å². The summed E-state index contributed by atoms with van der Waals surface area (Å²) in [4.78, 5) is 27.6. The van der Waals surface area contributed by atoms with E-state index in [2.05, 4.69) is 0 Å². The molecule has 1 spiro atoms. The highest BCUT2D eigenvalue weighted by molar-refractivity contribution is 7.89. The molecule has 1 aromatic rings. The van der Waals surface area contributed by atoms with E-state index in [1.165, 1.54) is 27.4 Å². The van der Waals surface area contributed by atoms with E-state index in [9.17, 15) is 22.4 Å². The van der Waals surface area contributed by atoms with E-state index < -0.39 is 21.3 Å². The maximum absolute atomic E-state index is 14.0. The van der Waals surface area contributed by atoms with Gasteiger partial charge in [-0.15, -0.1) is 0 Å². The number of hydrogen-bond donors (Lipinski definition) is 1. The van der Waals surface area contributed by atoms with Crippen molar-refractivity contribution in [1.29, 1.82) is 0 Å². The van der Waals surface area contributed by atoms with Crippen LogP contribution in [0, 0.1) is 11.2 Å².